The van der Waals surface area contributed by atoms with E-state index in [4.69, 9.17) is 9.84 Å². The highest BCUT2D eigenvalue weighted by molar-refractivity contribution is 5.79. The Bertz CT molecular complexity index is 642. The summed E-state index contributed by atoms with van der Waals surface area (Å²) >= 11 is 0. The van der Waals surface area contributed by atoms with Gasteiger partial charge in [-0.25, -0.2) is 0 Å². The fourth-order valence-electron chi connectivity index (χ4n) is 5.14. The van der Waals surface area contributed by atoms with Crippen LogP contribution in [-0.2, 0) is 19.1 Å². The second-order valence-electron chi connectivity index (χ2n) is 9.54. The molecule has 0 aromatic carbocycles. The highest BCUT2D eigenvalue weighted by atomic mass is 16.5. The minimum Gasteiger partial charge on any atom is -0.481 e. The van der Waals surface area contributed by atoms with Crippen LogP contribution in [0.1, 0.15) is 72.6 Å². The maximum atomic E-state index is 12.5. The summed E-state index contributed by atoms with van der Waals surface area (Å²) in [5, 5.41) is 18.5. The van der Waals surface area contributed by atoms with Crippen LogP contribution < -0.4 is 0 Å². The molecule has 1 saturated carbocycles. The predicted molar refractivity (Wildman–Crippen MR) is 114 cm³/mol. The molecule has 8 atom stereocenters. The van der Waals surface area contributed by atoms with Gasteiger partial charge in [0.25, 0.3) is 0 Å². The van der Waals surface area contributed by atoms with Crippen molar-refractivity contribution in [1.82, 2.24) is 0 Å². The standard InChI is InChI=1S/C24H38O6/c1-5-15(3)24(29)30-21-11-14(2)10-17-7-6-16(4)20(23(17)21)9-8-18(25)12-19(26)13-22(27)28/h6-7,14-17,19-21,23,26H,5,8-13H2,1-4H3,(H,27,28)/t14-,15-,16-,17-,19+,20-,21-,23?/m0/s1. The first-order valence-electron chi connectivity index (χ1n) is 11.4. The van der Waals surface area contributed by atoms with Crippen LogP contribution in [0.15, 0.2) is 12.2 Å². The molecule has 30 heavy (non-hydrogen) atoms. The van der Waals surface area contributed by atoms with Gasteiger partial charge in [-0.15, -0.1) is 0 Å². The van der Waals surface area contributed by atoms with Crippen LogP contribution >= 0.6 is 0 Å². The third kappa shape index (κ3) is 6.66. The summed E-state index contributed by atoms with van der Waals surface area (Å²) in [6, 6.07) is 0. The molecule has 0 aliphatic heterocycles. The van der Waals surface area contributed by atoms with Gasteiger partial charge >= 0.3 is 11.9 Å². The van der Waals surface area contributed by atoms with E-state index in [1.807, 2.05) is 13.8 Å². The maximum Gasteiger partial charge on any atom is 0.308 e. The van der Waals surface area contributed by atoms with Crippen molar-refractivity contribution in [2.45, 2.75) is 84.8 Å². The monoisotopic (exact) mass is 422 g/mol. The van der Waals surface area contributed by atoms with Gasteiger partial charge in [0.1, 0.15) is 11.9 Å². The zero-order valence-electron chi connectivity index (χ0n) is 18.8. The van der Waals surface area contributed by atoms with Gasteiger partial charge in [-0.05, 0) is 49.4 Å². The van der Waals surface area contributed by atoms with Crippen molar-refractivity contribution in [3.8, 4) is 0 Å². The second kappa shape index (κ2) is 11.1. The minimum atomic E-state index is -1.13. The number of carbonyl (C=O) groups excluding carboxylic acids is 2. The molecule has 170 valence electrons. The Labute approximate surface area is 180 Å². The lowest BCUT2D eigenvalue weighted by Gasteiger charge is -2.47. The average molecular weight is 423 g/mol. The molecule has 0 spiro atoms. The number of aliphatic carboxylic acids is 1. The minimum absolute atomic E-state index is 0.112. The van der Waals surface area contributed by atoms with Crippen LogP contribution in [0.2, 0.25) is 0 Å². The molecule has 0 radical (unpaired) electrons. The van der Waals surface area contributed by atoms with Crippen molar-refractivity contribution >= 4 is 17.7 Å². The van der Waals surface area contributed by atoms with Crippen molar-refractivity contribution in [2.75, 3.05) is 0 Å². The molecular formula is C24H38O6. The number of allylic oxidation sites excluding steroid dienone is 2. The summed E-state index contributed by atoms with van der Waals surface area (Å²) < 4.78 is 6.01. The summed E-state index contributed by atoms with van der Waals surface area (Å²) in [6.07, 6.45) is 6.33. The van der Waals surface area contributed by atoms with Crippen LogP contribution in [0.3, 0.4) is 0 Å². The van der Waals surface area contributed by atoms with E-state index in [1.165, 1.54) is 0 Å². The summed E-state index contributed by atoms with van der Waals surface area (Å²) in [7, 11) is 0. The van der Waals surface area contributed by atoms with Gasteiger partial charge in [-0.1, -0.05) is 39.8 Å². The van der Waals surface area contributed by atoms with Crippen molar-refractivity contribution in [3.05, 3.63) is 12.2 Å². The zero-order valence-corrected chi connectivity index (χ0v) is 18.8. The molecule has 1 unspecified atom stereocenters. The highest BCUT2D eigenvalue weighted by Gasteiger charge is 2.45. The number of esters is 1. The van der Waals surface area contributed by atoms with Gasteiger partial charge in [-0.2, -0.15) is 0 Å². The lowest BCUT2D eigenvalue weighted by atomic mass is 9.60. The van der Waals surface area contributed by atoms with Gasteiger partial charge in [0.05, 0.1) is 18.4 Å². The van der Waals surface area contributed by atoms with E-state index in [0.29, 0.717) is 24.7 Å². The predicted octanol–water partition coefficient (Wildman–Crippen LogP) is 4.00. The van der Waals surface area contributed by atoms with Crippen molar-refractivity contribution in [2.24, 2.45) is 35.5 Å². The van der Waals surface area contributed by atoms with Crippen LogP contribution in [-0.4, -0.2) is 40.1 Å². The normalized spacial score (nSPS) is 32.7. The second-order valence-corrected chi connectivity index (χ2v) is 9.54. The fourth-order valence-corrected chi connectivity index (χ4v) is 5.14. The number of aliphatic hydroxyl groups excluding tert-OH is 1. The van der Waals surface area contributed by atoms with E-state index in [1.54, 1.807) is 0 Å². The van der Waals surface area contributed by atoms with Crippen LogP contribution in [0, 0.1) is 35.5 Å². The topological polar surface area (TPSA) is 101 Å². The summed E-state index contributed by atoms with van der Waals surface area (Å²) in [4.78, 5) is 35.5. The summed E-state index contributed by atoms with van der Waals surface area (Å²) in [6.45, 7) is 8.23. The number of carboxylic acids is 1. The Morgan fingerprint density at radius 1 is 1.13 bits per heavy atom. The Morgan fingerprint density at radius 2 is 1.83 bits per heavy atom. The molecule has 6 nitrogen and oxygen atoms in total. The molecule has 2 aliphatic carbocycles. The number of ether oxygens (including phenoxy) is 1. The third-order valence-corrected chi connectivity index (χ3v) is 6.98. The van der Waals surface area contributed by atoms with E-state index in [2.05, 4.69) is 26.0 Å². The van der Waals surface area contributed by atoms with Gasteiger partial charge in [0, 0.05) is 18.8 Å². The van der Waals surface area contributed by atoms with Gasteiger partial charge in [-0.3, -0.25) is 14.4 Å². The molecule has 6 heteroatoms. The maximum absolute atomic E-state index is 12.5. The molecule has 0 amide bonds. The number of hydrogen-bond acceptors (Lipinski definition) is 5. The Hall–Kier alpha value is -1.69. The molecule has 0 aromatic rings. The lowest BCUT2D eigenvalue weighted by molar-refractivity contribution is -0.164. The van der Waals surface area contributed by atoms with Crippen molar-refractivity contribution in [1.29, 1.82) is 0 Å². The summed E-state index contributed by atoms with van der Waals surface area (Å²) in [5.74, 6) is 0.0582. The fraction of sp³-hybridized carbons (Fsp3) is 0.792. The Balaban J connectivity index is 2.07. The molecule has 0 saturated heterocycles. The number of rotatable bonds is 10. The quantitative estimate of drug-likeness (QED) is 0.408. The molecule has 2 rings (SSSR count). The van der Waals surface area contributed by atoms with Crippen molar-refractivity contribution in [3.63, 3.8) is 0 Å². The number of ketones is 1. The lowest BCUT2D eigenvalue weighted by Crippen LogP contribution is -2.46. The van der Waals surface area contributed by atoms with Gasteiger partial charge in [0.15, 0.2) is 0 Å². The Kier molecular flexibility index (Phi) is 9.08. The number of carboxylic acid groups (broad SMARTS) is 1. The van der Waals surface area contributed by atoms with Gasteiger partial charge < -0.3 is 14.9 Å². The van der Waals surface area contributed by atoms with E-state index in [0.717, 1.165) is 19.3 Å². The SMILES string of the molecule is CC[C@H](C)C(=O)O[C@H]1C[C@@H](C)C[C@@H]2C=C[C@H](C)[C@H](CCC(=O)C[C@@H](O)CC(=O)O)C12. The van der Waals surface area contributed by atoms with Gasteiger partial charge in [0.2, 0.25) is 0 Å². The number of Topliss-reactive ketones (excluding diaryl/α,β-unsaturated/α-hetero) is 1. The van der Waals surface area contributed by atoms with E-state index in [9.17, 15) is 19.5 Å². The first kappa shape index (κ1) is 24.6. The van der Waals surface area contributed by atoms with Crippen molar-refractivity contribution < 1.29 is 29.3 Å². The van der Waals surface area contributed by atoms with Crippen LogP contribution in [0.25, 0.3) is 0 Å². The van der Waals surface area contributed by atoms with E-state index >= 15 is 0 Å². The molecule has 0 heterocycles. The third-order valence-electron chi connectivity index (χ3n) is 6.98. The number of fused-ring (bicyclic) bond motifs is 1. The molecular weight excluding hydrogens is 384 g/mol. The highest BCUT2D eigenvalue weighted by Crippen LogP contribution is 2.47. The van der Waals surface area contributed by atoms with Crippen LogP contribution in [0.5, 0.6) is 0 Å². The smallest absolute Gasteiger partial charge is 0.308 e. The average Bonchev–Trinajstić information content (AvgIpc) is 2.65. The number of carbonyl (C=O) groups is 3. The number of hydrogen-bond donors (Lipinski definition) is 2. The molecule has 2 N–H and O–H groups in total. The first-order chi connectivity index (χ1) is 14.1. The molecule has 2 aliphatic rings. The molecule has 0 aromatic heterocycles. The van der Waals surface area contributed by atoms with Crippen LogP contribution in [0.4, 0.5) is 0 Å². The number of aliphatic hydroxyl groups is 1. The molecule has 1 fully saturated rings. The zero-order chi connectivity index (χ0) is 22.4. The Morgan fingerprint density at radius 3 is 2.47 bits per heavy atom. The largest absolute Gasteiger partial charge is 0.481 e. The van der Waals surface area contributed by atoms with E-state index in [-0.39, 0.29) is 47.9 Å². The summed E-state index contributed by atoms with van der Waals surface area (Å²) in [5.41, 5.74) is 0. The molecule has 0 bridgehead atoms. The first-order valence-corrected chi connectivity index (χ1v) is 11.4. The van der Waals surface area contributed by atoms with E-state index < -0.39 is 18.5 Å².